The molecule has 0 fully saturated rings. The normalized spacial score (nSPS) is 12.3. The Morgan fingerprint density at radius 3 is 2.12 bits per heavy atom. The molecule has 0 unspecified atom stereocenters. The van der Waals surface area contributed by atoms with Gasteiger partial charge in [-0.3, -0.25) is 4.79 Å². The van der Waals surface area contributed by atoms with Gasteiger partial charge in [-0.25, -0.2) is 25.9 Å². The minimum atomic E-state index is -3.60. The average Bonchev–Trinajstić information content (AvgIpc) is 2.72. The standard InChI is InChI=1S/C22H31N3O5S2/c1-16(2)15-23-31(27,28)19-11-7-18(8-12-19)9-13-22(26)24-21-14-20(10-6-17(21)3)32(29,30)25(4)5/h6-8,10-12,14,16,23H,9,13,15H2,1-5H3,(H,24,26). The molecule has 0 aliphatic rings. The fourth-order valence-electron chi connectivity index (χ4n) is 2.77. The van der Waals surface area contributed by atoms with E-state index in [1.165, 1.54) is 38.4 Å². The van der Waals surface area contributed by atoms with E-state index in [1.54, 1.807) is 25.1 Å². The van der Waals surface area contributed by atoms with Crippen molar-refractivity contribution in [3.63, 3.8) is 0 Å². The van der Waals surface area contributed by atoms with Gasteiger partial charge in [0, 0.05) is 32.7 Å². The Labute approximate surface area is 191 Å². The number of hydrogen-bond donors (Lipinski definition) is 2. The molecule has 0 atom stereocenters. The van der Waals surface area contributed by atoms with Crippen molar-refractivity contribution in [2.75, 3.05) is 26.0 Å². The Balaban J connectivity index is 2.02. The van der Waals surface area contributed by atoms with E-state index in [9.17, 15) is 21.6 Å². The van der Waals surface area contributed by atoms with Gasteiger partial charge in [-0.05, 0) is 54.7 Å². The summed E-state index contributed by atoms with van der Waals surface area (Å²) in [5.74, 6) is -0.0577. The number of rotatable bonds is 10. The Morgan fingerprint density at radius 2 is 1.56 bits per heavy atom. The van der Waals surface area contributed by atoms with Gasteiger partial charge < -0.3 is 5.32 Å². The summed E-state index contributed by atoms with van der Waals surface area (Å²) in [6.07, 6.45) is 0.585. The molecule has 176 valence electrons. The number of aryl methyl sites for hydroxylation is 2. The molecule has 2 aromatic rings. The van der Waals surface area contributed by atoms with Crippen molar-refractivity contribution in [3.8, 4) is 0 Å². The minimum absolute atomic E-state index is 0.103. The fraction of sp³-hybridized carbons (Fsp3) is 0.409. The van der Waals surface area contributed by atoms with Crippen LogP contribution in [0.3, 0.4) is 0 Å². The molecule has 0 spiro atoms. The van der Waals surface area contributed by atoms with Crippen molar-refractivity contribution in [1.82, 2.24) is 9.03 Å². The van der Waals surface area contributed by atoms with E-state index in [0.29, 0.717) is 18.7 Å². The van der Waals surface area contributed by atoms with Crippen LogP contribution in [0.1, 0.15) is 31.4 Å². The van der Waals surface area contributed by atoms with Gasteiger partial charge in [-0.1, -0.05) is 32.0 Å². The van der Waals surface area contributed by atoms with E-state index in [2.05, 4.69) is 10.0 Å². The Bertz CT molecular complexity index is 1160. The summed E-state index contributed by atoms with van der Waals surface area (Å²) in [6, 6.07) is 11.0. The number of amides is 1. The van der Waals surface area contributed by atoms with E-state index in [-0.39, 0.29) is 28.0 Å². The lowest BCUT2D eigenvalue weighted by Gasteiger charge is -2.14. The van der Waals surface area contributed by atoms with Gasteiger partial charge in [0.25, 0.3) is 0 Å². The lowest BCUT2D eigenvalue weighted by atomic mass is 10.1. The second kappa shape index (κ2) is 10.6. The fourth-order valence-corrected chi connectivity index (χ4v) is 4.91. The van der Waals surface area contributed by atoms with E-state index >= 15 is 0 Å². The first-order valence-corrected chi connectivity index (χ1v) is 13.2. The molecule has 2 rings (SSSR count). The second-order valence-electron chi connectivity index (χ2n) is 8.20. The lowest BCUT2D eigenvalue weighted by Crippen LogP contribution is -2.27. The van der Waals surface area contributed by atoms with Gasteiger partial charge in [0.15, 0.2) is 0 Å². The van der Waals surface area contributed by atoms with Crippen LogP contribution in [0, 0.1) is 12.8 Å². The monoisotopic (exact) mass is 481 g/mol. The highest BCUT2D eigenvalue weighted by Crippen LogP contribution is 2.22. The van der Waals surface area contributed by atoms with Crippen molar-refractivity contribution in [2.24, 2.45) is 5.92 Å². The summed E-state index contributed by atoms with van der Waals surface area (Å²) in [5.41, 5.74) is 2.01. The zero-order valence-corrected chi connectivity index (χ0v) is 20.7. The van der Waals surface area contributed by atoms with Crippen molar-refractivity contribution >= 4 is 31.6 Å². The number of benzene rings is 2. The zero-order valence-electron chi connectivity index (χ0n) is 19.0. The highest BCUT2D eigenvalue weighted by atomic mass is 32.2. The van der Waals surface area contributed by atoms with Crippen LogP contribution in [0.25, 0.3) is 0 Å². The van der Waals surface area contributed by atoms with Crippen LogP contribution in [0.5, 0.6) is 0 Å². The molecule has 10 heteroatoms. The molecule has 0 bridgehead atoms. The summed E-state index contributed by atoms with van der Waals surface area (Å²) < 4.78 is 52.9. The minimum Gasteiger partial charge on any atom is -0.326 e. The predicted octanol–water partition coefficient (Wildman–Crippen LogP) is 2.75. The van der Waals surface area contributed by atoms with Crippen molar-refractivity contribution in [1.29, 1.82) is 0 Å². The van der Waals surface area contributed by atoms with Crippen LogP contribution >= 0.6 is 0 Å². The SMILES string of the molecule is Cc1ccc(S(=O)(=O)N(C)C)cc1NC(=O)CCc1ccc(S(=O)(=O)NCC(C)C)cc1. The highest BCUT2D eigenvalue weighted by molar-refractivity contribution is 7.89. The molecule has 0 saturated heterocycles. The molecule has 0 heterocycles. The van der Waals surface area contributed by atoms with Crippen LogP contribution in [-0.2, 0) is 31.3 Å². The summed E-state index contributed by atoms with van der Waals surface area (Å²) in [7, 11) is -4.26. The van der Waals surface area contributed by atoms with Crippen molar-refractivity contribution < 1.29 is 21.6 Å². The summed E-state index contributed by atoms with van der Waals surface area (Å²) >= 11 is 0. The lowest BCUT2D eigenvalue weighted by molar-refractivity contribution is -0.116. The Morgan fingerprint density at radius 1 is 0.969 bits per heavy atom. The van der Waals surface area contributed by atoms with E-state index in [1.807, 2.05) is 13.8 Å². The highest BCUT2D eigenvalue weighted by Gasteiger charge is 2.19. The maximum atomic E-state index is 12.4. The van der Waals surface area contributed by atoms with Crippen molar-refractivity contribution in [2.45, 2.75) is 43.4 Å². The average molecular weight is 482 g/mol. The van der Waals surface area contributed by atoms with Crippen LogP contribution < -0.4 is 10.0 Å². The zero-order chi connectivity index (χ0) is 24.1. The first-order valence-electron chi connectivity index (χ1n) is 10.2. The molecule has 0 aliphatic carbocycles. The molecule has 32 heavy (non-hydrogen) atoms. The summed E-state index contributed by atoms with van der Waals surface area (Å²) in [4.78, 5) is 12.7. The number of anilines is 1. The molecule has 0 aliphatic heterocycles. The van der Waals surface area contributed by atoms with Gasteiger partial charge in [-0.2, -0.15) is 0 Å². The number of carbonyl (C=O) groups excluding carboxylic acids is 1. The van der Waals surface area contributed by atoms with E-state index < -0.39 is 20.0 Å². The third-order valence-electron chi connectivity index (χ3n) is 4.82. The Kier molecular flexibility index (Phi) is 8.58. The first kappa shape index (κ1) is 26.0. The molecule has 0 saturated carbocycles. The third kappa shape index (κ3) is 6.86. The van der Waals surface area contributed by atoms with Gasteiger partial charge >= 0.3 is 0 Å². The van der Waals surface area contributed by atoms with E-state index in [0.717, 1.165) is 15.4 Å². The second-order valence-corrected chi connectivity index (χ2v) is 12.1. The summed E-state index contributed by atoms with van der Waals surface area (Å²) in [6.45, 7) is 6.00. The largest absolute Gasteiger partial charge is 0.326 e. The molecule has 8 nitrogen and oxygen atoms in total. The Hall–Kier alpha value is -2.27. The maximum Gasteiger partial charge on any atom is 0.242 e. The van der Waals surface area contributed by atoms with Gasteiger partial charge in [0.05, 0.1) is 9.79 Å². The maximum absolute atomic E-state index is 12.4. The van der Waals surface area contributed by atoms with Crippen LogP contribution in [-0.4, -0.2) is 47.7 Å². The van der Waals surface area contributed by atoms with Crippen LogP contribution in [0.15, 0.2) is 52.3 Å². The molecule has 1 amide bonds. The quantitative estimate of drug-likeness (QED) is 0.542. The van der Waals surface area contributed by atoms with Crippen molar-refractivity contribution in [3.05, 3.63) is 53.6 Å². The third-order valence-corrected chi connectivity index (χ3v) is 8.07. The molecule has 0 radical (unpaired) electrons. The molecular formula is C22H31N3O5S2. The topological polar surface area (TPSA) is 113 Å². The van der Waals surface area contributed by atoms with Gasteiger partial charge in [0.1, 0.15) is 0 Å². The van der Waals surface area contributed by atoms with E-state index in [4.69, 9.17) is 0 Å². The van der Waals surface area contributed by atoms with Crippen LogP contribution in [0.4, 0.5) is 5.69 Å². The molecule has 2 N–H and O–H groups in total. The first-order chi connectivity index (χ1) is 14.8. The van der Waals surface area contributed by atoms with Gasteiger partial charge in [0.2, 0.25) is 26.0 Å². The van der Waals surface area contributed by atoms with Crippen LogP contribution in [0.2, 0.25) is 0 Å². The summed E-state index contributed by atoms with van der Waals surface area (Å²) in [5, 5.41) is 2.77. The number of hydrogen-bond acceptors (Lipinski definition) is 5. The van der Waals surface area contributed by atoms with Gasteiger partial charge in [-0.15, -0.1) is 0 Å². The number of nitrogens with zero attached hydrogens (tertiary/aromatic N) is 1. The smallest absolute Gasteiger partial charge is 0.242 e. The molecular weight excluding hydrogens is 450 g/mol. The molecule has 0 aromatic heterocycles. The molecule has 2 aromatic carbocycles. The number of sulfonamides is 2. The predicted molar refractivity (Wildman–Crippen MR) is 125 cm³/mol. The number of nitrogens with one attached hydrogen (secondary N) is 2. The number of carbonyl (C=O) groups is 1.